The largest absolute Gasteiger partial charge is 0.314 e. The molecule has 118 valence electrons. The average molecular weight is 281 g/mol. The fourth-order valence-corrected chi connectivity index (χ4v) is 3.83. The molecule has 0 aromatic rings. The molecule has 3 heteroatoms. The summed E-state index contributed by atoms with van der Waals surface area (Å²) in [4.78, 5) is 5.45. The van der Waals surface area contributed by atoms with E-state index in [1.807, 2.05) is 0 Å². The van der Waals surface area contributed by atoms with E-state index < -0.39 is 0 Å². The van der Waals surface area contributed by atoms with Crippen LogP contribution in [0.5, 0.6) is 0 Å². The molecule has 2 aliphatic rings. The van der Waals surface area contributed by atoms with Crippen LogP contribution in [0.4, 0.5) is 0 Å². The van der Waals surface area contributed by atoms with Crippen LogP contribution >= 0.6 is 0 Å². The zero-order valence-electron chi connectivity index (χ0n) is 13.9. The van der Waals surface area contributed by atoms with Gasteiger partial charge >= 0.3 is 0 Å². The Kier molecular flexibility index (Phi) is 6.79. The highest BCUT2D eigenvalue weighted by molar-refractivity contribution is 4.87. The molecule has 1 heterocycles. The van der Waals surface area contributed by atoms with Crippen LogP contribution in [-0.2, 0) is 0 Å². The second-order valence-electron chi connectivity index (χ2n) is 6.80. The summed E-state index contributed by atoms with van der Waals surface area (Å²) in [6, 6.07) is 2.39. The van der Waals surface area contributed by atoms with E-state index in [1.54, 1.807) is 0 Å². The van der Waals surface area contributed by atoms with Crippen LogP contribution in [0.25, 0.3) is 0 Å². The molecule has 1 aliphatic carbocycles. The zero-order valence-corrected chi connectivity index (χ0v) is 13.9. The first-order valence-electron chi connectivity index (χ1n) is 8.96. The van der Waals surface area contributed by atoms with Gasteiger partial charge in [0.15, 0.2) is 0 Å². The van der Waals surface area contributed by atoms with E-state index in [1.165, 1.54) is 71.2 Å². The van der Waals surface area contributed by atoms with Crippen molar-refractivity contribution in [2.45, 2.75) is 77.4 Å². The first-order chi connectivity index (χ1) is 9.74. The molecule has 20 heavy (non-hydrogen) atoms. The third-order valence-corrected chi connectivity index (χ3v) is 5.41. The molecule has 0 amide bonds. The molecule has 0 spiro atoms. The normalized spacial score (nSPS) is 31.4. The predicted octanol–water partition coefficient (Wildman–Crippen LogP) is 2.71. The van der Waals surface area contributed by atoms with Crippen molar-refractivity contribution < 1.29 is 0 Å². The molecular formula is C17H35N3. The van der Waals surface area contributed by atoms with Crippen LogP contribution in [0, 0.1) is 0 Å². The zero-order chi connectivity index (χ0) is 14.4. The lowest BCUT2D eigenvalue weighted by atomic mass is 9.89. The molecule has 1 N–H and O–H groups in total. The quantitative estimate of drug-likeness (QED) is 0.807. The Hall–Kier alpha value is -0.120. The van der Waals surface area contributed by atoms with E-state index in [-0.39, 0.29) is 0 Å². The van der Waals surface area contributed by atoms with Gasteiger partial charge in [0.25, 0.3) is 0 Å². The van der Waals surface area contributed by atoms with Crippen molar-refractivity contribution in [2.24, 2.45) is 0 Å². The Morgan fingerprint density at radius 2 is 1.85 bits per heavy atom. The van der Waals surface area contributed by atoms with E-state index in [0.29, 0.717) is 0 Å². The lowest BCUT2D eigenvalue weighted by Crippen LogP contribution is -2.54. The maximum Gasteiger partial charge on any atom is 0.0113 e. The van der Waals surface area contributed by atoms with Gasteiger partial charge in [-0.25, -0.2) is 0 Å². The second kappa shape index (κ2) is 8.35. The van der Waals surface area contributed by atoms with Gasteiger partial charge in [0.05, 0.1) is 0 Å². The summed E-state index contributed by atoms with van der Waals surface area (Å²) in [5.74, 6) is 0. The highest BCUT2D eigenvalue weighted by atomic mass is 15.3. The van der Waals surface area contributed by atoms with Gasteiger partial charge in [-0.1, -0.05) is 20.3 Å². The van der Waals surface area contributed by atoms with Gasteiger partial charge in [-0.15, -0.1) is 0 Å². The van der Waals surface area contributed by atoms with Crippen molar-refractivity contribution in [3.63, 3.8) is 0 Å². The van der Waals surface area contributed by atoms with Crippen LogP contribution in [0.3, 0.4) is 0 Å². The first-order valence-corrected chi connectivity index (χ1v) is 8.96. The Morgan fingerprint density at radius 1 is 1.10 bits per heavy atom. The summed E-state index contributed by atoms with van der Waals surface area (Å²) in [6.07, 6.45) is 8.15. The van der Waals surface area contributed by atoms with E-state index in [2.05, 4.69) is 35.9 Å². The van der Waals surface area contributed by atoms with Crippen molar-refractivity contribution >= 4 is 0 Å². The van der Waals surface area contributed by atoms with E-state index in [9.17, 15) is 0 Å². The fraction of sp³-hybridized carbons (Fsp3) is 1.00. The number of hydrogen-bond donors (Lipinski definition) is 1. The van der Waals surface area contributed by atoms with Gasteiger partial charge in [-0.3, -0.25) is 9.80 Å². The van der Waals surface area contributed by atoms with Gasteiger partial charge in [0.2, 0.25) is 0 Å². The molecule has 2 fully saturated rings. The molecule has 3 nitrogen and oxygen atoms in total. The molecule has 1 aliphatic heterocycles. The number of nitrogens with one attached hydrogen (secondary N) is 1. The topological polar surface area (TPSA) is 18.5 Å². The SMILES string of the molecule is CCCNC1CCCC(N2CCN(C(C)CC)CC2)C1. The van der Waals surface area contributed by atoms with E-state index >= 15 is 0 Å². The number of piperazine rings is 1. The first kappa shape index (κ1) is 16.3. The van der Waals surface area contributed by atoms with Crippen molar-refractivity contribution in [3.05, 3.63) is 0 Å². The predicted molar refractivity (Wildman–Crippen MR) is 87.2 cm³/mol. The minimum Gasteiger partial charge on any atom is -0.314 e. The Balaban J connectivity index is 1.75. The van der Waals surface area contributed by atoms with Crippen LogP contribution < -0.4 is 5.32 Å². The second-order valence-corrected chi connectivity index (χ2v) is 6.80. The number of hydrogen-bond acceptors (Lipinski definition) is 3. The molecule has 1 saturated heterocycles. The molecule has 0 radical (unpaired) electrons. The van der Waals surface area contributed by atoms with E-state index in [0.717, 1.165) is 18.1 Å². The van der Waals surface area contributed by atoms with Crippen molar-refractivity contribution in [3.8, 4) is 0 Å². The maximum atomic E-state index is 3.74. The maximum absolute atomic E-state index is 3.74. The van der Waals surface area contributed by atoms with Crippen LogP contribution in [-0.4, -0.2) is 60.6 Å². The van der Waals surface area contributed by atoms with E-state index in [4.69, 9.17) is 0 Å². The molecule has 1 saturated carbocycles. The summed E-state index contributed by atoms with van der Waals surface area (Å²) in [5, 5.41) is 3.74. The third kappa shape index (κ3) is 4.44. The molecule has 0 aromatic heterocycles. The standard InChI is InChI=1S/C17H35N3/c1-4-9-18-16-7-6-8-17(14-16)20-12-10-19(11-13-20)15(3)5-2/h15-18H,4-14H2,1-3H3. The highest BCUT2D eigenvalue weighted by Crippen LogP contribution is 2.24. The summed E-state index contributed by atoms with van der Waals surface area (Å²) in [5.41, 5.74) is 0. The average Bonchev–Trinajstić information content (AvgIpc) is 2.52. The molecule has 0 aromatic carbocycles. The van der Waals surface area contributed by atoms with Gasteiger partial charge in [0.1, 0.15) is 0 Å². The molecule has 3 atom stereocenters. The fourth-order valence-electron chi connectivity index (χ4n) is 3.83. The van der Waals surface area contributed by atoms with Gasteiger partial charge in [0, 0.05) is 44.3 Å². The number of nitrogens with zero attached hydrogens (tertiary/aromatic N) is 2. The minimum absolute atomic E-state index is 0.766. The lowest BCUT2D eigenvalue weighted by molar-refractivity contribution is 0.0542. The van der Waals surface area contributed by atoms with Gasteiger partial charge in [-0.05, 0) is 45.6 Å². The summed E-state index contributed by atoms with van der Waals surface area (Å²) < 4.78 is 0. The van der Waals surface area contributed by atoms with Gasteiger partial charge in [-0.2, -0.15) is 0 Å². The minimum atomic E-state index is 0.766. The Morgan fingerprint density at radius 3 is 2.50 bits per heavy atom. The van der Waals surface area contributed by atoms with Gasteiger partial charge < -0.3 is 5.32 Å². The van der Waals surface area contributed by atoms with Crippen molar-refractivity contribution in [1.82, 2.24) is 15.1 Å². The Bertz CT molecular complexity index is 261. The smallest absolute Gasteiger partial charge is 0.0113 e. The van der Waals surface area contributed by atoms with Crippen LogP contribution in [0.15, 0.2) is 0 Å². The van der Waals surface area contributed by atoms with Crippen LogP contribution in [0.1, 0.15) is 59.3 Å². The summed E-state index contributed by atoms with van der Waals surface area (Å²) >= 11 is 0. The molecule has 3 unspecified atom stereocenters. The molecule has 0 bridgehead atoms. The monoisotopic (exact) mass is 281 g/mol. The number of rotatable bonds is 6. The lowest BCUT2D eigenvalue weighted by Gasteiger charge is -2.44. The summed E-state index contributed by atoms with van der Waals surface area (Å²) in [6.45, 7) is 13.3. The van der Waals surface area contributed by atoms with Crippen LogP contribution in [0.2, 0.25) is 0 Å². The third-order valence-electron chi connectivity index (χ3n) is 5.41. The Labute approximate surface area is 126 Å². The van der Waals surface area contributed by atoms with Crippen molar-refractivity contribution in [1.29, 1.82) is 0 Å². The molecular weight excluding hydrogens is 246 g/mol. The molecule has 2 rings (SSSR count). The highest BCUT2D eigenvalue weighted by Gasteiger charge is 2.29. The van der Waals surface area contributed by atoms with Crippen molar-refractivity contribution in [2.75, 3.05) is 32.7 Å². The summed E-state index contributed by atoms with van der Waals surface area (Å²) in [7, 11) is 0.